The number of thiophene rings is 1. The predicted octanol–water partition coefficient (Wildman–Crippen LogP) is 4.33. The van der Waals surface area contributed by atoms with Crippen LogP contribution in [0, 0.1) is 0 Å². The number of anilines is 1. The van der Waals surface area contributed by atoms with Crippen molar-refractivity contribution in [1.82, 2.24) is 0 Å². The van der Waals surface area contributed by atoms with Gasteiger partial charge in [0, 0.05) is 41.5 Å². The first kappa shape index (κ1) is 18.5. The van der Waals surface area contributed by atoms with Crippen LogP contribution in [0.1, 0.15) is 46.6 Å². The molecule has 0 saturated carbocycles. The highest BCUT2D eigenvalue weighted by molar-refractivity contribution is 7.16. The Hall–Kier alpha value is -2.34. The maximum absolute atomic E-state index is 12.2. The maximum atomic E-state index is 12.2. The molecule has 1 aromatic carbocycles. The standard InChI is InChI=1S/C20H24N2O3S/c1-4-22(5-2)14-10-9-13(16(23)11-14)12-21-19-18(20(24)25-3)15-7-6-8-17(15)26-19/h9-12,23H,4-8H2,1-3H3. The maximum Gasteiger partial charge on any atom is 0.341 e. The third-order valence-corrected chi connectivity index (χ3v) is 5.96. The van der Waals surface area contributed by atoms with Crippen LogP contribution in [0.4, 0.5) is 10.7 Å². The summed E-state index contributed by atoms with van der Waals surface area (Å²) in [6.07, 6.45) is 4.58. The van der Waals surface area contributed by atoms with Gasteiger partial charge in [0.05, 0.1) is 12.7 Å². The van der Waals surface area contributed by atoms with Crippen LogP contribution in [-0.2, 0) is 17.6 Å². The van der Waals surface area contributed by atoms with Crippen molar-refractivity contribution in [2.45, 2.75) is 33.1 Å². The summed E-state index contributed by atoms with van der Waals surface area (Å²) in [5.74, 6) is -0.153. The molecule has 0 radical (unpaired) electrons. The first-order chi connectivity index (χ1) is 12.6. The highest BCUT2D eigenvalue weighted by atomic mass is 32.1. The molecule has 0 atom stereocenters. The minimum absolute atomic E-state index is 0.182. The summed E-state index contributed by atoms with van der Waals surface area (Å²) in [6, 6.07) is 5.58. The Morgan fingerprint density at radius 3 is 2.77 bits per heavy atom. The van der Waals surface area contributed by atoms with Crippen molar-refractivity contribution in [3.05, 3.63) is 39.8 Å². The Morgan fingerprint density at radius 1 is 1.35 bits per heavy atom. The van der Waals surface area contributed by atoms with E-state index in [9.17, 15) is 9.90 Å². The molecule has 6 heteroatoms. The fraction of sp³-hybridized carbons (Fsp3) is 0.400. The number of methoxy groups -OCH3 is 1. The van der Waals surface area contributed by atoms with Gasteiger partial charge in [-0.05, 0) is 50.8 Å². The molecule has 1 N–H and O–H groups in total. The molecule has 2 aromatic rings. The zero-order valence-corrected chi connectivity index (χ0v) is 16.2. The molecule has 0 unspecified atom stereocenters. The van der Waals surface area contributed by atoms with Crippen LogP contribution < -0.4 is 4.90 Å². The lowest BCUT2D eigenvalue weighted by Crippen LogP contribution is -2.21. The second kappa shape index (κ2) is 7.91. The number of esters is 1. The second-order valence-electron chi connectivity index (χ2n) is 6.20. The van der Waals surface area contributed by atoms with Crippen molar-refractivity contribution in [3.8, 4) is 5.75 Å². The number of hydrogen-bond donors (Lipinski definition) is 1. The number of nitrogens with zero attached hydrogens (tertiary/aromatic N) is 2. The topological polar surface area (TPSA) is 62.1 Å². The van der Waals surface area contributed by atoms with Crippen LogP contribution in [0.25, 0.3) is 0 Å². The molecule has 0 spiro atoms. The second-order valence-corrected chi connectivity index (χ2v) is 7.29. The van der Waals surface area contributed by atoms with E-state index < -0.39 is 0 Å². The summed E-state index contributed by atoms with van der Waals surface area (Å²) >= 11 is 1.54. The highest BCUT2D eigenvalue weighted by Gasteiger charge is 2.26. The van der Waals surface area contributed by atoms with E-state index in [0.29, 0.717) is 16.1 Å². The Kier molecular flexibility index (Phi) is 5.61. The minimum Gasteiger partial charge on any atom is -0.507 e. The lowest BCUT2D eigenvalue weighted by atomic mass is 10.1. The van der Waals surface area contributed by atoms with E-state index in [-0.39, 0.29) is 11.7 Å². The van der Waals surface area contributed by atoms with E-state index in [0.717, 1.165) is 43.6 Å². The molecule has 0 fully saturated rings. The van der Waals surface area contributed by atoms with Gasteiger partial charge in [-0.1, -0.05) is 0 Å². The number of fused-ring (bicyclic) bond motifs is 1. The van der Waals surface area contributed by atoms with Crippen LogP contribution >= 0.6 is 11.3 Å². The summed E-state index contributed by atoms with van der Waals surface area (Å²) in [4.78, 5) is 20.1. The average Bonchev–Trinajstić information content (AvgIpc) is 3.22. The smallest absolute Gasteiger partial charge is 0.341 e. The number of benzene rings is 1. The SMILES string of the molecule is CCN(CC)c1ccc(C=Nc2sc3c(c2C(=O)OC)CCC3)c(O)c1. The Morgan fingerprint density at radius 2 is 2.12 bits per heavy atom. The fourth-order valence-corrected chi connectivity index (χ4v) is 4.57. The molecule has 3 rings (SSSR count). The number of phenolic OH excluding ortho intramolecular Hbond substituents is 1. The number of hydrogen-bond acceptors (Lipinski definition) is 6. The number of aliphatic imine (C=N–C) groups is 1. The number of rotatable bonds is 6. The molecule has 0 amide bonds. The van der Waals surface area contributed by atoms with Crippen molar-refractivity contribution < 1.29 is 14.6 Å². The summed E-state index contributed by atoms with van der Waals surface area (Å²) in [5.41, 5.74) is 3.27. The van der Waals surface area contributed by atoms with Gasteiger partial charge in [0.1, 0.15) is 10.8 Å². The molecule has 0 aliphatic heterocycles. The largest absolute Gasteiger partial charge is 0.507 e. The van der Waals surface area contributed by atoms with Gasteiger partial charge in [-0.25, -0.2) is 9.79 Å². The molecule has 26 heavy (non-hydrogen) atoms. The van der Waals surface area contributed by atoms with Gasteiger partial charge in [-0.3, -0.25) is 0 Å². The van der Waals surface area contributed by atoms with Crippen molar-refractivity contribution in [2.24, 2.45) is 4.99 Å². The number of aromatic hydroxyl groups is 1. The molecule has 0 saturated heterocycles. The van der Waals surface area contributed by atoms with E-state index in [1.807, 2.05) is 12.1 Å². The highest BCUT2D eigenvalue weighted by Crippen LogP contribution is 2.41. The van der Waals surface area contributed by atoms with Gasteiger partial charge in [-0.2, -0.15) is 0 Å². The average molecular weight is 372 g/mol. The Balaban J connectivity index is 1.90. The fourth-order valence-electron chi connectivity index (χ4n) is 3.35. The molecule has 138 valence electrons. The van der Waals surface area contributed by atoms with E-state index in [4.69, 9.17) is 4.74 Å². The third kappa shape index (κ3) is 3.46. The quantitative estimate of drug-likeness (QED) is 0.606. The molecule has 5 nitrogen and oxygen atoms in total. The molecule has 1 aromatic heterocycles. The van der Waals surface area contributed by atoms with E-state index >= 15 is 0 Å². The molecular formula is C20H24N2O3S. The van der Waals surface area contributed by atoms with Crippen LogP contribution in [0.5, 0.6) is 5.75 Å². The summed E-state index contributed by atoms with van der Waals surface area (Å²) in [6.45, 7) is 5.93. The van der Waals surface area contributed by atoms with Gasteiger partial charge in [-0.15, -0.1) is 11.3 Å². The first-order valence-electron chi connectivity index (χ1n) is 8.93. The van der Waals surface area contributed by atoms with Gasteiger partial charge in [0.2, 0.25) is 0 Å². The Labute approximate surface area is 157 Å². The van der Waals surface area contributed by atoms with E-state index in [1.54, 1.807) is 23.6 Å². The monoisotopic (exact) mass is 372 g/mol. The van der Waals surface area contributed by atoms with Gasteiger partial charge in [0.15, 0.2) is 0 Å². The molecule has 1 heterocycles. The van der Waals surface area contributed by atoms with Crippen molar-refractivity contribution in [1.29, 1.82) is 0 Å². The lowest BCUT2D eigenvalue weighted by molar-refractivity contribution is 0.0601. The predicted molar refractivity (Wildman–Crippen MR) is 107 cm³/mol. The zero-order valence-electron chi connectivity index (χ0n) is 15.4. The normalized spacial score (nSPS) is 13.2. The number of carbonyl (C=O) groups is 1. The Bertz CT molecular complexity index is 838. The van der Waals surface area contributed by atoms with Gasteiger partial charge < -0.3 is 14.7 Å². The van der Waals surface area contributed by atoms with Crippen LogP contribution in [-0.4, -0.2) is 37.5 Å². The van der Waals surface area contributed by atoms with Crippen molar-refractivity contribution >= 4 is 34.2 Å². The number of ether oxygens (including phenoxy) is 1. The summed E-state index contributed by atoms with van der Waals surface area (Å²) in [7, 11) is 1.40. The van der Waals surface area contributed by atoms with E-state index in [2.05, 4.69) is 23.7 Å². The van der Waals surface area contributed by atoms with Gasteiger partial charge >= 0.3 is 5.97 Å². The van der Waals surface area contributed by atoms with Crippen LogP contribution in [0.3, 0.4) is 0 Å². The van der Waals surface area contributed by atoms with Crippen LogP contribution in [0.15, 0.2) is 23.2 Å². The first-order valence-corrected chi connectivity index (χ1v) is 9.75. The summed E-state index contributed by atoms with van der Waals surface area (Å²) < 4.78 is 4.94. The number of phenols is 1. The summed E-state index contributed by atoms with van der Waals surface area (Å²) in [5, 5.41) is 11.0. The van der Waals surface area contributed by atoms with Gasteiger partial charge in [0.25, 0.3) is 0 Å². The van der Waals surface area contributed by atoms with Crippen molar-refractivity contribution in [2.75, 3.05) is 25.1 Å². The number of aryl methyl sites for hydroxylation is 1. The molecule has 1 aliphatic carbocycles. The van der Waals surface area contributed by atoms with Crippen molar-refractivity contribution in [3.63, 3.8) is 0 Å². The molecule has 0 bridgehead atoms. The minimum atomic E-state index is -0.336. The third-order valence-electron chi connectivity index (χ3n) is 4.76. The van der Waals surface area contributed by atoms with E-state index in [1.165, 1.54) is 12.0 Å². The van der Waals surface area contributed by atoms with Crippen LogP contribution in [0.2, 0.25) is 0 Å². The lowest BCUT2D eigenvalue weighted by Gasteiger charge is -2.21. The zero-order chi connectivity index (χ0) is 18.7. The number of carbonyl (C=O) groups excluding carboxylic acids is 1. The molecule has 1 aliphatic rings. The molecular weight excluding hydrogens is 348 g/mol.